The van der Waals surface area contributed by atoms with Crippen molar-refractivity contribution in [1.82, 2.24) is 0 Å². The molecular weight excluding hydrogens is 179 g/mol. The zero-order valence-electron chi connectivity index (χ0n) is 9.52. The molecule has 2 atom stereocenters. The maximum Gasteiger partial charge on any atom is 0.133 e. The maximum atomic E-state index is 13.4. The Bertz CT molecular complexity index is 156. The molecule has 0 N–H and O–H groups in total. The zero-order chi connectivity index (χ0) is 10.4. The average Bonchev–Trinajstić information content (AvgIpc) is 2.45. The summed E-state index contributed by atoms with van der Waals surface area (Å²) in [6.07, 6.45) is 8.22. The van der Waals surface area contributed by atoms with Crippen LogP contribution in [0.2, 0.25) is 0 Å². The van der Waals surface area contributed by atoms with E-state index >= 15 is 0 Å². The van der Waals surface area contributed by atoms with Gasteiger partial charge in [-0.05, 0) is 13.3 Å². The number of hydrogen-bond acceptors (Lipinski definition) is 1. The van der Waals surface area contributed by atoms with Crippen molar-refractivity contribution in [2.24, 2.45) is 0 Å². The molecule has 1 rings (SSSR count). The van der Waals surface area contributed by atoms with Gasteiger partial charge in [-0.15, -0.1) is 0 Å². The first-order valence-electron chi connectivity index (χ1n) is 5.94. The molecule has 1 heterocycles. The fourth-order valence-electron chi connectivity index (χ4n) is 2.05. The molecule has 0 saturated carbocycles. The molecule has 0 spiro atoms. The molecule has 0 amide bonds. The van der Waals surface area contributed by atoms with Crippen molar-refractivity contribution in [3.63, 3.8) is 0 Å². The van der Waals surface area contributed by atoms with E-state index in [1.165, 1.54) is 32.1 Å². The molecule has 84 valence electrons. The van der Waals surface area contributed by atoms with Gasteiger partial charge in [0.25, 0.3) is 0 Å². The summed E-state index contributed by atoms with van der Waals surface area (Å²) in [5, 5.41) is 0. The average molecular weight is 202 g/mol. The van der Waals surface area contributed by atoms with E-state index in [0.717, 1.165) is 6.42 Å². The van der Waals surface area contributed by atoms with Gasteiger partial charge in [0.2, 0.25) is 0 Å². The predicted octanol–water partition coefficient (Wildman–Crippen LogP) is 3.86. The van der Waals surface area contributed by atoms with Crippen LogP contribution in [0.25, 0.3) is 0 Å². The molecule has 0 aromatic rings. The van der Waals surface area contributed by atoms with Gasteiger partial charge in [0.1, 0.15) is 5.67 Å². The van der Waals surface area contributed by atoms with Crippen molar-refractivity contribution in [2.45, 2.75) is 70.6 Å². The van der Waals surface area contributed by atoms with Gasteiger partial charge >= 0.3 is 0 Å². The summed E-state index contributed by atoms with van der Waals surface area (Å²) in [4.78, 5) is 0. The Labute approximate surface area is 87.0 Å². The molecule has 0 aromatic heterocycles. The second kappa shape index (κ2) is 5.69. The lowest BCUT2D eigenvalue weighted by molar-refractivity contribution is 0.0805. The molecule has 14 heavy (non-hydrogen) atoms. The number of unbranched alkanes of at least 4 members (excludes halogenated alkanes) is 4. The Balaban J connectivity index is 1.98. The highest BCUT2D eigenvalue weighted by molar-refractivity contribution is 4.84. The zero-order valence-corrected chi connectivity index (χ0v) is 9.52. The number of ether oxygens (including phenoxy) is 1. The third-order valence-electron chi connectivity index (χ3n) is 2.90. The lowest BCUT2D eigenvalue weighted by atomic mass is 10.0. The van der Waals surface area contributed by atoms with Crippen LogP contribution in [0.15, 0.2) is 0 Å². The molecule has 1 nitrogen and oxygen atoms in total. The monoisotopic (exact) mass is 202 g/mol. The maximum absolute atomic E-state index is 13.4. The largest absolute Gasteiger partial charge is 0.375 e. The molecule has 0 unspecified atom stereocenters. The lowest BCUT2D eigenvalue weighted by Crippen LogP contribution is -2.17. The molecule has 0 aromatic carbocycles. The van der Waals surface area contributed by atoms with Crippen LogP contribution in [0.1, 0.15) is 58.8 Å². The van der Waals surface area contributed by atoms with Gasteiger partial charge in [0.15, 0.2) is 0 Å². The highest BCUT2D eigenvalue weighted by Gasteiger charge is 2.35. The van der Waals surface area contributed by atoms with Gasteiger partial charge in [-0.1, -0.05) is 39.0 Å². The van der Waals surface area contributed by atoms with E-state index in [1.807, 2.05) is 0 Å². The van der Waals surface area contributed by atoms with Crippen molar-refractivity contribution >= 4 is 0 Å². The van der Waals surface area contributed by atoms with Gasteiger partial charge in [0.05, 0.1) is 12.7 Å². The van der Waals surface area contributed by atoms with E-state index in [0.29, 0.717) is 13.0 Å². The van der Waals surface area contributed by atoms with Crippen molar-refractivity contribution in [3.8, 4) is 0 Å². The molecular formula is C12H23FO. The lowest BCUT2D eigenvalue weighted by Gasteiger charge is -2.10. The quantitative estimate of drug-likeness (QED) is 0.594. The van der Waals surface area contributed by atoms with Crippen LogP contribution in [0.5, 0.6) is 0 Å². The van der Waals surface area contributed by atoms with Crippen molar-refractivity contribution in [2.75, 3.05) is 6.61 Å². The summed E-state index contributed by atoms with van der Waals surface area (Å²) in [7, 11) is 0. The first-order valence-corrected chi connectivity index (χ1v) is 5.94. The van der Waals surface area contributed by atoms with Crippen molar-refractivity contribution < 1.29 is 9.13 Å². The fraction of sp³-hybridized carbons (Fsp3) is 1.00. The van der Waals surface area contributed by atoms with Crippen LogP contribution in [0.4, 0.5) is 4.39 Å². The highest BCUT2D eigenvalue weighted by atomic mass is 19.1. The van der Waals surface area contributed by atoms with Crippen LogP contribution in [-0.2, 0) is 4.74 Å². The Morgan fingerprint density at radius 3 is 2.57 bits per heavy atom. The van der Waals surface area contributed by atoms with Crippen LogP contribution in [-0.4, -0.2) is 18.4 Å². The fourth-order valence-corrected chi connectivity index (χ4v) is 2.05. The minimum absolute atomic E-state index is 0.187. The SMILES string of the molecule is CCCCCCC[C@@H]1C[C@@](C)(F)CO1. The third kappa shape index (κ3) is 4.41. The summed E-state index contributed by atoms with van der Waals surface area (Å²) in [6, 6.07) is 0. The second-order valence-corrected chi connectivity index (χ2v) is 4.75. The summed E-state index contributed by atoms with van der Waals surface area (Å²) >= 11 is 0. The van der Waals surface area contributed by atoms with E-state index in [-0.39, 0.29) is 6.10 Å². The van der Waals surface area contributed by atoms with Gasteiger partial charge in [-0.2, -0.15) is 0 Å². The van der Waals surface area contributed by atoms with Crippen molar-refractivity contribution in [3.05, 3.63) is 0 Å². The summed E-state index contributed by atoms with van der Waals surface area (Å²) in [6.45, 7) is 4.16. The molecule has 1 saturated heterocycles. The van der Waals surface area contributed by atoms with Crippen LogP contribution in [0.3, 0.4) is 0 Å². The molecule has 0 aliphatic carbocycles. The normalized spacial score (nSPS) is 32.4. The molecule has 0 radical (unpaired) electrons. The molecule has 2 heteroatoms. The van der Waals surface area contributed by atoms with E-state index in [4.69, 9.17) is 4.74 Å². The Hall–Kier alpha value is -0.110. The van der Waals surface area contributed by atoms with Crippen LogP contribution in [0, 0.1) is 0 Å². The van der Waals surface area contributed by atoms with E-state index in [2.05, 4.69) is 6.92 Å². The minimum atomic E-state index is -1.06. The van der Waals surface area contributed by atoms with Crippen LogP contribution < -0.4 is 0 Å². The summed E-state index contributed by atoms with van der Waals surface area (Å²) in [5.41, 5.74) is -1.06. The van der Waals surface area contributed by atoms with E-state index in [1.54, 1.807) is 6.92 Å². The molecule has 1 fully saturated rings. The van der Waals surface area contributed by atoms with Gasteiger partial charge in [0, 0.05) is 6.42 Å². The molecule has 1 aliphatic rings. The standard InChI is InChI=1S/C12H23FO/c1-3-4-5-6-7-8-11-9-12(2,13)10-14-11/h11H,3-10H2,1-2H3/t11-,12-/m1/s1. The Morgan fingerprint density at radius 1 is 1.29 bits per heavy atom. The minimum Gasteiger partial charge on any atom is -0.375 e. The first kappa shape index (κ1) is 12.0. The van der Waals surface area contributed by atoms with E-state index in [9.17, 15) is 4.39 Å². The van der Waals surface area contributed by atoms with E-state index < -0.39 is 5.67 Å². The topological polar surface area (TPSA) is 9.23 Å². The number of rotatable bonds is 6. The number of alkyl halides is 1. The number of halogens is 1. The molecule has 1 aliphatic heterocycles. The van der Waals surface area contributed by atoms with Crippen LogP contribution >= 0.6 is 0 Å². The highest BCUT2D eigenvalue weighted by Crippen LogP contribution is 2.30. The smallest absolute Gasteiger partial charge is 0.133 e. The summed E-state index contributed by atoms with van der Waals surface area (Å²) < 4.78 is 18.8. The molecule has 0 bridgehead atoms. The van der Waals surface area contributed by atoms with Gasteiger partial charge < -0.3 is 4.74 Å². The third-order valence-corrected chi connectivity index (χ3v) is 2.90. The number of hydrogen-bond donors (Lipinski definition) is 0. The second-order valence-electron chi connectivity index (χ2n) is 4.75. The van der Waals surface area contributed by atoms with Gasteiger partial charge in [-0.25, -0.2) is 4.39 Å². The van der Waals surface area contributed by atoms with Gasteiger partial charge in [-0.3, -0.25) is 0 Å². The summed E-state index contributed by atoms with van der Waals surface area (Å²) in [5.74, 6) is 0. The Morgan fingerprint density at radius 2 is 2.00 bits per heavy atom. The predicted molar refractivity (Wildman–Crippen MR) is 57.2 cm³/mol. The first-order chi connectivity index (χ1) is 6.64. The van der Waals surface area contributed by atoms with Crippen molar-refractivity contribution in [1.29, 1.82) is 0 Å². The Kier molecular flexibility index (Phi) is 4.86.